The summed E-state index contributed by atoms with van der Waals surface area (Å²) in [7, 11) is 0. The molecule has 1 aliphatic rings. The number of hydroxylamine groups is 1. The first kappa shape index (κ1) is 9.01. The maximum absolute atomic E-state index is 5.24. The zero-order valence-electron chi connectivity index (χ0n) is 7.92. The molecular formula is C9H19NO. The summed E-state index contributed by atoms with van der Waals surface area (Å²) in [5.41, 5.74) is 3.09. The third-order valence-electron chi connectivity index (χ3n) is 2.53. The molecule has 0 saturated carbocycles. The van der Waals surface area contributed by atoms with E-state index >= 15 is 0 Å². The van der Waals surface area contributed by atoms with Gasteiger partial charge in [-0.05, 0) is 11.8 Å². The minimum atomic E-state index is 0.551. The van der Waals surface area contributed by atoms with Crippen LogP contribution in [0.15, 0.2) is 0 Å². The largest absolute Gasteiger partial charge is 0.301 e. The van der Waals surface area contributed by atoms with E-state index in [0.29, 0.717) is 17.9 Å². The van der Waals surface area contributed by atoms with Crippen LogP contribution in [-0.4, -0.2) is 12.6 Å². The van der Waals surface area contributed by atoms with Crippen LogP contribution in [-0.2, 0) is 4.84 Å². The minimum absolute atomic E-state index is 0.551. The lowest BCUT2D eigenvalue weighted by Crippen LogP contribution is -2.34. The molecule has 0 aromatic heterocycles. The van der Waals surface area contributed by atoms with E-state index in [2.05, 4.69) is 33.2 Å². The van der Waals surface area contributed by atoms with E-state index in [1.54, 1.807) is 0 Å². The highest BCUT2D eigenvalue weighted by molar-refractivity contribution is 4.82. The van der Waals surface area contributed by atoms with Crippen molar-refractivity contribution < 1.29 is 4.84 Å². The van der Waals surface area contributed by atoms with Crippen LogP contribution in [0.1, 0.15) is 27.7 Å². The van der Waals surface area contributed by atoms with Gasteiger partial charge in [0.25, 0.3) is 0 Å². The van der Waals surface area contributed by atoms with Crippen LogP contribution in [0.5, 0.6) is 0 Å². The van der Waals surface area contributed by atoms with Crippen molar-refractivity contribution in [2.75, 3.05) is 6.61 Å². The number of rotatable bonds is 2. The minimum Gasteiger partial charge on any atom is -0.301 e. The highest BCUT2D eigenvalue weighted by Gasteiger charge is 2.32. The standard InChI is InChI=1S/C9H19NO/c1-6(2)8-5-11-10-9(8)7(3)4/h6-10H,5H2,1-4H3. The molecule has 1 rings (SSSR count). The molecule has 66 valence electrons. The van der Waals surface area contributed by atoms with Crippen LogP contribution in [0.4, 0.5) is 0 Å². The van der Waals surface area contributed by atoms with E-state index < -0.39 is 0 Å². The van der Waals surface area contributed by atoms with E-state index in [-0.39, 0.29) is 0 Å². The van der Waals surface area contributed by atoms with Gasteiger partial charge >= 0.3 is 0 Å². The van der Waals surface area contributed by atoms with Gasteiger partial charge in [0, 0.05) is 12.0 Å². The molecule has 2 heteroatoms. The third kappa shape index (κ3) is 1.94. The van der Waals surface area contributed by atoms with Gasteiger partial charge in [-0.25, -0.2) is 0 Å². The zero-order valence-corrected chi connectivity index (χ0v) is 7.92. The Morgan fingerprint density at radius 2 is 1.82 bits per heavy atom. The van der Waals surface area contributed by atoms with E-state index in [1.807, 2.05) is 0 Å². The van der Waals surface area contributed by atoms with Gasteiger partial charge in [0.05, 0.1) is 6.61 Å². The van der Waals surface area contributed by atoms with Gasteiger partial charge < -0.3 is 4.84 Å². The van der Waals surface area contributed by atoms with Gasteiger partial charge in [0.15, 0.2) is 0 Å². The molecule has 1 saturated heterocycles. The van der Waals surface area contributed by atoms with Crippen molar-refractivity contribution in [2.45, 2.75) is 33.7 Å². The SMILES string of the molecule is CC(C)C1CONC1C(C)C. The first-order valence-corrected chi connectivity index (χ1v) is 4.50. The fourth-order valence-corrected chi connectivity index (χ4v) is 1.67. The molecule has 0 aliphatic carbocycles. The number of nitrogens with one attached hydrogen (secondary N) is 1. The van der Waals surface area contributed by atoms with Gasteiger partial charge in [-0.3, -0.25) is 0 Å². The molecule has 0 amide bonds. The van der Waals surface area contributed by atoms with Crippen molar-refractivity contribution >= 4 is 0 Å². The van der Waals surface area contributed by atoms with Gasteiger partial charge in [-0.15, -0.1) is 0 Å². The smallest absolute Gasteiger partial charge is 0.0728 e. The molecule has 11 heavy (non-hydrogen) atoms. The first-order chi connectivity index (χ1) is 5.13. The van der Waals surface area contributed by atoms with Crippen LogP contribution in [0.25, 0.3) is 0 Å². The lowest BCUT2D eigenvalue weighted by molar-refractivity contribution is 0.0790. The second-order valence-corrected chi connectivity index (χ2v) is 4.11. The van der Waals surface area contributed by atoms with Gasteiger partial charge in [0.1, 0.15) is 0 Å². The van der Waals surface area contributed by atoms with Crippen LogP contribution >= 0.6 is 0 Å². The monoisotopic (exact) mass is 157 g/mol. The van der Waals surface area contributed by atoms with Crippen LogP contribution < -0.4 is 5.48 Å². The third-order valence-corrected chi connectivity index (χ3v) is 2.53. The zero-order chi connectivity index (χ0) is 8.43. The molecule has 1 aliphatic heterocycles. The average molecular weight is 157 g/mol. The van der Waals surface area contributed by atoms with Gasteiger partial charge in [-0.1, -0.05) is 27.7 Å². The van der Waals surface area contributed by atoms with Crippen molar-refractivity contribution in [3.63, 3.8) is 0 Å². The van der Waals surface area contributed by atoms with E-state index in [4.69, 9.17) is 4.84 Å². The van der Waals surface area contributed by atoms with E-state index in [0.717, 1.165) is 12.5 Å². The quantitative estimate of drug-likeness (QED) is 0.660. The fourth-order valence-electron chi connectivity index (χ4n) is 1.67. The molecule has 0 bridgehead atoms. The summed E-state index contributed by atoms with van der Waals surface area (Å²) in [4.78, 5) is 5.24. The topological polar surface area (TPSA) is 21.3 Å². The van der Waals surface area contributed by atoms with Crippen LogP contribution in [0.2, 0.25) is 0 Å². The molecule has 0 aromatic rings. The highest BCUT2D eigenvalue weighted by atomic mass is 16.7. The van der Waals surface area contributed by atoms with E-state index in [9.17, 15) is 0 Å². The second-order valence-electron chi connectivity index (χ2n) is 4.11. The second kappa shape index (κ2) is 3.55. The summed E-state index contributed by atoms with van der Waals surface area (Å²) in [6.07, 6.45) is 0. The number of hydrogen-bond acceptors (Lipinski definition) is 2. The maximum Gasteiger partial charge on any atom is 0.0728 e. The van der Waals surface area contributed by atoms with Gasteiger partial charge in [0.2, 0.25) is 0 Å². The molecule has 2 unspecified atom stereocenters. The molecule has 0 radical (unpaired) electrons. The maximum atomic E-state index is 5.24. The lowest BCUT2D eigenvalue weighted by atomic mass is 9.85. The number of hydrogen-bond donors (Lipinski definition) is 1. The Morgan fingerprint density at radius 1 is 1.18 bits per heavy atom. The van der Waals surface area contributed by atoms with Crippen molar-refractivity contribution in [3.05, 3.63) is 0 Å². The lowest BCUT2D eigenvalue weighted by Gasteiger charge is -2.23. The van der Waals surface area contributed by atoms with Gasteiger partial charge in [-0.2, -0.15) is 5.48 Å². The molecule has 0 aromatic carbocycles. The summed E-state index contributed by atoms with van der Waals surface area (Å²) in [6, 6.07) is 0.551. The molecular weight excluding hydrogens is 138 g/mol. The van der Waals surface area contributed by atoms with Crippen molar-refractivity contribution in [2.24, 2.45) is 17.8 Å². The van der Waals surface area contributed by atoms with Crippen LogP contribution in [0.3, 0.4) is 0 Å². The molecule has 1 heterocycles. The summed E-state index contributed by atoms with van der Waals surface area (Å²) >= 11 is 0. The molecule has 2 atom stereocenters. The Bertz CT molecular complexity index is 109. The summed E-state index contributed by atoms with van der Waals surface area (Å²) < 4.78 is 0. The van der Waals surface area contributed by atoms with Crippen molar-refractivity contribution in [1.29, 1.82) is 0 Å². The highest BCUT2D eigenvalue weighted by Crippen LogP contribution is 2.25. The van der Waals surface area contributed by atoms with Crippen molar-refractivity contribution in [1.82, 2.24) is 5.48 Å². The molecule has 1 N–H and O–H groups in total. The Labute approximate surface area is 69.3 Å². The molecule has 1 fully saturated rings. The normalized spacial score (nSPS) is 32.2. The summed E-state index contributed by atoms with van der Waals surface area (Å²) in [5, 5.41) is 0. The molecule has 0 spiro atoms. The Balaban J connectivity index is 2.51. The average Bonchev–Trinajstić information content (AvgIpc) is 2.32. The Hall–Kier alpha value is -0.0800. The molecule has 2 nitrogen and oxygen atoms in total. The Kier molecular flexibility index (Phi) is 2.90. The predicted molar refractivity (Wildman–Crippen MR) is 46.0 cm³/mol. The van der Waals surface area contributed by atoms with E-state index in [1.165, 1.54) is 0 Å². The van der Waals surface area contributed by atoms with Crippen LogP contribution in [0, 0.1) is 17.8 Å². The first-order valence-electron chi connectivity index (χ1n) is 4.50. The van der Waals surface area contributed by atoms with Crippen molar-refractivity contribution in [3.8, 4) is 0 Å². The predicted octanol–water partition coefficient (Wildman–Crippen LogP) is 1.82. The Morgan fingerprint density at radius 3 is 2.18 bits per heavy atom. The fraction of sp³-hybridized carbons (Fsp3) is 1.00. The summed E-state index contributed by atoms with van der Waals surface area (Å²) in [5.74, 6) is 2.08. The summed E-state index contributed by atoms with van der Waals surface area (Å²) in [6.45, 7) is 9.87.